The van der Waals surface area contributed by atoms with Gasteiger partial charge >= 0.3 is 0 Å². The van der Waals surface area contributed by atoms with Gasteiger partial charge in [0.15, 0.2) is 0 Å². The summed E-state index contributed by atoms with van der Waals surface area (Å²) >= 11 is 0. The summed E-state index contributed by atoms with van der Waals surface area (Å²) in [5.41, 5.74) is 0. The average Bonchev–Trinajstić information content (AvgIpc) is 1.88. The molecule has 0 aromatic carbocycles. The molecule has 0 bridgehead atoms. The van der Waals surface area contributed by atoms with E-state index in [1.807, 2.05) is 0 Å². The fourth-order valence-electron chi connectivity index (χ4n) is 0.886. The van der Waals surface area contributed by atoms with Crippen LogP contribution in [-0.4, -0.2) is 25.9 Å². The van der Waals surface area contributed by atoms with Gasteiger partial charge in [-0.1, -0.05) is 0 Å². The first-order valence-corrected chi connectivity index (χ1v) is 3.26. The van der Waals surface area contributed by atoms with Gasteiger partial charge in [0.25, 0.3) is 0 Å². The van der Waals surface area contributed by atoms with Gasteiger partial charge in [0.05, 0.1) is 12.7 Å². The molecule has 1 rings (SSSR count). The minimum atomic E-state index is -2.26. The number of halogens is 2. The molecular weight excluding hydrogens is 142 g/mol. The van der Waals surface area contributed by atoms with Gasteiger partial charge in [0.1, 0.15) is 6.79 Å². The highest BCUT2D eigenvalue weighted by Crippen LogP contribution is 2.14. The quantitative estimate of drug-likeness (QED) is 0.595. The molecule has 1 unspecified atom stereocenters. The minimum absolute atomic E-state index is 0.163. The largest absolute Gasteiger partial charge is 0.355 e. The SMILES string of the molecule is FC(F)CC1CCOCO1. The molecule has 0 aromatic heterocycles. The second-order valence-electron chi connectivity index (χ2n) is 2.23. The lowest BCUT2D eigenvalue weighted by molar-refractivity contribution is -0.149. The third-order valence-corrected chi connectivity index (χ3v) is 1.41. The minimum Gasteiger partial charge on any atom is -0.355 e. The summed E-state index contributed by atoms with van der Waals surface area (Å²) in [4.78, 5) is 0. The zero-order valence-corrected chi connectivity index (χ0v) is 5.56. The van der Waals surface area contributed by atoms with Gasteiger partial charge in [0.2, 0.25) is 6.43 Å². The van der Waals surface area contributed by atoms with E-state index in [1.54, 1.807) is 0 Å². The fraction of sp³-hybridized carbons (Fsp3) is 1.00. The Morgan fingerprint density at radius 1 is 1.50 bits per heavy atom. The summed E-state index contributed by atoms with van der Waals surface area (Å²) in [6.45, 7) is 0.703. The van der Waals surface area contributed by atoms with Crippen molar-refractivity contribution in [3.05, 3.63) is 0 Å². The zero-order chi connectivity index (χ0) is 7.40. The molecular formula is C6H10F2O2. The maximum absolute atomic E-state index is 11.7. The van der Waals surface area contributed by atoms with Crippen LogP contribution in [0.4, 0.5) is 8.78 Å². The van der Waals surface area contributed by atoms with Crippen molar-refractivity contribution in [1.82, 2.24) is 0 Å². The summed E-state index contributed by atoms with van der Waals surface area (Å²) in [7, 11) is 0. The molecule has 0 aliphatic carbocycles. The predicted octanol–water partition coefficient (Wildman–Crippen LogP) is 1.40. The molecule has 1 atom stereocenters. The highest BCUT2D eigenvalue weighted by Gasteiger charge is 2.18. The van der Waals surface area contributed by atoms with Gasteiger partial charge in [-0.25, -0.2) is 8.78 Å². The first-order chi connectivity index (χ1) is 4.79. The summed E-state index contributed by atoms with van der Waals surface area (Å²) in [6.07, 6.45) is -2.13. The van der Waals surface area contributed by atoms with Crippen molar-refractivity contribution in [3.8, 4) is 0 Å². The molecule has 1 aliphatic heterocycles. The smallest absolute Gasteiger partial charge is 0.241 e. The van der Waals surface area contributed by atoms with E-state index in [1.165, 1.54) is 0 Å². The molecule has 1 heterocycles. The van der Waals surface area contributed by atoms with E-state index in [4.69, 9.17) is 9.47 Å². The van der Waals surface area contributed by atoms with Crippen LogP contribution < -0.4 is 0 Å². The van der Waals surface area contributed by atoms with Crippen molar-refractivity contribution in [3.63, 3.8) is 0 Å². The van der Waals surface area contributed by atoms with Crippen LogP contribution in [-0.2, 0) is 9.47 Å². The van der Waals surface area contributed by atoms with Crippen LogP contribution in [0.2, 0.25) is 0 Å². The van der Waals surface area contributed by atoms with Crippen LogP contribution in [0.25, 0.3) is 0 Å². The van der Waals surface area contributed by atoms with Crippen molar-refractivity contribution >= 4 is 0 Å². The molecule has 10 heavy (non-hydrogen) atoms. The van der Waals surface area contributed by atoms with Crippen molar-refractivity contribution in [2.24, 2.45) is 0 Å². The summed E-state index contributed by atoms with van der Waals surface area (Å²) in [6, 6.07) is 0. The number of hydrogen-bond donors (Lipinski definition) is 0. The lowest BCUT2D eigenvalue weighted by Gasteiger charge is -2.21. The average molecular weight is 152 g/mol. The second kappa shape index (κ2) is 3.83. The van der Waals surface area contributed by atoms with Crippen LogP contribution in [0.1, 0.15) is 12.8 Å². The highest BCUT2D eigenvalue weighted by atomic mass is 19.3. The van der Waals surface area contributed by atoms with Crippen molar-refractivity contribution in [1.29, 1.82) is 0 Å². The molecule has 60 valence electrons. The molecule has 1 fully saturated rings. The van der Waals surface area contributed by atoms with Crippen LogP contribution >= 0.6 is 0 Å². The Hall–Kier alpha value is -0.220. The van der Waals surface area contributed by atoms with Gasteiger partial charge in [-0.2, -0.15) is 0 Å². The molecule has 1 saturated heterocycles. The molecule has 0 aromatic rings. The second-order valence-corrected chi connectivity index (χ2v) is 2.23. The maximum Gasteiger partial charge on any atom is 0.241 e. The van der Waals surface area contributed by atoms with Crippen molar-refractivity contribution in [2.75, 3.05) is 13.4 Å². The standard InChI is InChI=1S/C6H10F2O2/c7-6(8)3-5-1-2-9-4-10-5/h5-6H,1-4H2. The van der Waals surface area contributed by atoms with Gasteiger partial charge < -0.3 is 9.47 Å². The Labute approximate surface area is 58.1 Å². The summed E-state index contributed by atoms with van der Waals surface area (Å²) in [5, 5.41) is 0. The first kappa shape index (κ1) is 7.88. The predicted molar refractivity (Wildman–Crippen MR) is 30.9 cm³/mol. The number of rotatable bonds is 2. The van der Waals surface area contributed by atoms with Gasteiger partial charge in [-0.3, -0.25) is 0 Å². The molecule has 0 spiro atoms. The summed E-state index contributed by atoms with van der Waals surface area (Å²) < 4.78 is 33.1. The number of hydrogen-bond acceptors (Lipinski definition) is 2. The van der Waals surface area contributed by atoms with Gasteiger partial charge in [-0.15, -0.1) is 0 Å². The fourth-order valence-corrected chi connectivity index (χ4v) is 0.886. The molecule has 4 heteroatoms. The van der Waals surface area contributed by atoms with Gasteiger partial charge in [-0.05, 0) is 6.42 Å². The van der Waals surface area contributed by atoms with E-state index in [0.717, 1.165) is 0 Å². The number of alkyl halides is 2. The molecule has 0 radical (unpaired) electrons. The Bertz CT molecular complexity index is 91.7. The normalized spacial score (nSPS) is 27.3. The van der Waals surface area contributed by atoms with E-state index >= 15 is 0 Å². The van der Waals surface area contributed by atoms with E-state index in [9.17, 15) is 8.78 Å². The number of ether oxygens (including phenoxy) is 2. The summed E-state index contributed by atoms with van der Waals surface area (Å²) in [5.74, 6) is 0. The Balaban J connectivity index is 2.13. The molecule has 0 amide bonds. The van der Waals surface area contributed by atoms with Crippen molar-refractivity contribution in [2.45, 2.75) is 25.4 Å². The topological polar surface area (TPSA) is 18.5 Å². The molecule has 2 nitrogen and oxygen atoms in total. The van der Waals surface area contributed by atoms with E-state index in [-0.39, 0.29) is 19.3 Å². The third-order valence-electron chi connectivity index (χ3n) is 1.41. The van der Waals surface area contributed by atoms with E-state index in [2.05, 4.69) is 0 Å². The van der Waals surface area contributed by atoms with Crippen LogP contribution in [0.15, 0.2) is 0 Å². The monoisotopic (exact) mass is 152 g/mol. The molecule has 0 N–H and O–H groups in total. The van der Waals surface area contributed by atoms with E-state index < -0.39 is 6.43 Å². The molecule has 1 aliphatic rings. The lowest BCUT2D eigenvalue weighted by Crippen LogP contribution is -2.25. The van der Waals surface area contributed by atoms with Crippen LogP contribution in [0.5, 0.6) is 0 Å². The Kier molecular flexibility index (Phi) is 3.02. The highest BCUT2D eigenvalue weighted by molar-refractivity contribution is 4.60. The zero-order valence-electron chi connectivity index (χ0n) is 5.56. The van der Waals surface area contributed by atoms with Gasteiger partial charge in [0, 0.05) is 6.42 Å². The third kappa shape index (κ3) is 2.58. The Morgan fingerprint density at radius 2 is 2.30 bits per heavy atom. The Morgan fingerprint density at radius 3 is 2.80 bits per heavy atom. The molecule has 0 saturated carbocycles. The van der Waals surface area contributed by atoms with Crippen molar-refractivity contribution < 1.29 is 18.3 Å². The van der Waals surface area contributed by atoms with Crippen LogP contribution in [0.3, 0.4) is 0 Å². The maximum atomic E-state index is 11.7. The lowest BCUT2D eigenvalue weighted by atomic mass is 10.2. The first-order valence-electron chi connectivity index (χ1n) is 3.26. The van der Waals surface area contributed by atoms with Crippen LogP contribution in [0, 0.1) is 0 Å². The van der Waals surface area contributed by atoms with E-state index in [0.29, 0.717) is 13.0 Å².